The molecule has 2 atom stereocenters. The SMILES string of the molecule is Cc1cccc(N2CCN(C3CCCC3CN)CC2)c1. The second-order valence-corrected chi connectivity index (χ2v) is 6.36. The molecule has 20 heavy (non-hydrogen) atoms. The van der Waals surface area contributed by atoms with Gasteiger partial charge in [-0.3, -0.25) is 4.90 Å². The van der Waals surface area contributed by atoms with Gasteiger partial charge in [-0.2, -0.15) is 0 Å². The fraction of sp³-hybridized carbons (Fsp3) is 0.647. The van der Waals surface area contributed by atoms with E-state index in [-0.39, 0.29) is 0 Å². The zero-order chi connectivity index (χ0) is 13.9. The molecule has 0 amide bonds. The maximum absolute atomic E-state index is 5.93. The Balaban J connectivity index is 1.59. The molecule has 0 bridgehead atoms. The van der Waals surface area contributed by atoms with Crippen molar-refractivity contribution in [1.29, 1.82) is 0 Å². The highest BCUT2D eigenvalue weighted by Gasteiger charge is 2.32. The summed E-state index contributed by atoms with van der Waals surface area (Å²) in [6, 6.07) is 9.62. The van der Waals surface area contributed by atoms with Crippen molar-refractivity contribution in [2.75, 3.05) is 37.6 Å². The van der Waals surface area contributed by atoms with Crippen molar-refractivity contribution in [2.24, 2.45) is 11.7 Å². The van der Waals surface area contributed by atoms with Gasteiger partial charge < -0.3 is 10.6 Å². The monoisotopic (exact) mass is 273 g/mol. The molecule has 3 rings (SSSR count). The van der Waals surface area contributed by atoms with Gasteiger partial charge in [0.1, 0.15) is 0 Å². The van der Waals surface area contributed by atoms with Crippen molar-refractivity contribution >= 4 is 5.69 Å². The first-order valence-corrected chi connectivity index (χ1v) is 8.03. The van der Waals surface area contributed by atoms with E-state index in [4.69, 9.17) is 5.73 Å². The third-order valence-corrected chi connectivity index (χ3v) is 5.07. The van der Waals surface area contributed by atoms with E-state index in [1.54, 1.807) is 0 Å². The molecule has 2 fully saturated rings. The third-order valence-electron chi connectivity index (χ3n) is 5.07. The molecule has 2 N–H and O–H groups in total. The minimum atomic E-state index is 0.737. The molecule has 0 spiro atoms. The lowest BCUT2D eigenvalue weighted by Gasteiger charge is -2.41. The van der Waals surface area contributed by atoms with Crippen LogP contribution in [-0.2, 0) is 0 Å². The van der Waals surface area contributed by atoms with Crippen LogP contribution in [0.3, 0.4) is 0 Å². The topological polar surface area (TPSA) is 32.5 Å². The highest BCUT2D eigenvalue weighted by atomic mass is 15.3. The van der Waals surface area contributed by atoms with Crippen molar-refractivity contribution in [3.63, 3.8) is 0 Å². The molecule has 3 nitrogen and oxygen atoms in total. The summed E-state index contributed by atoms with van der Waals surface area (Å²) in [5, 5.41) is 0. The molecule has 1 saturated heterocycles. The number of rotatable bonds is 3. The minimum Gasteiger partial charge on any atom is -0.369 e. The Hall–Kier alpha value is -1.06. The molecule has 0 aromatic heterocycles. The van der Waals surface area contributed by atoms with Crippen LogP contribution < -0.4 is 10.6 Å². The van der Waals surface area contributed by atoms with Gasteiger partial charge in [-0.25, -0.2) is 0 Å². The van der Waals surface area contributed by atoms with E-state index in [9.17, 15) is 0 Å². The van der Waals surface area contributed by atoms with E-state index in [1.165, 1.54) is 43.6 Å². The Labute approximate surface area is 122 Å². The van der Waals surface area contributed by atoms with Gasteiger partial charge in [-0.05, 0) is 49.9 Å². The van der Waals surface area contributed by atoms with Gasteiger partial charge in [-0.15, -0.1) is 0 Å². The average molecular weight is 273 g/mol. The lowest BCUT2D eigenvalue weighted by Crippen LogP contribution is -2.52. The van der Waals surface area contributed by atoms with E-state index in [2.05, 4.69) is 41.0 Å². The standard InChI is InChI=1S/C17H27N3/c1-14-4-2-6-16(12-14)19-8-10-20(11-9-19)17-7-3-5-15(17)13-18/h2,4,6,12,15,17H,3,5,7-11,13,18H2,1H3. The number of anilines is 1. The van der Waals surface area contributed by atoms with E-state index in [0.29, 0.717) is 0 Å². The summed E-state index contributed by atoms with van der Waals surface area (Å²) in [6.45, 7) is 7.71. The molecular formula is C17H27N3. The smallest absolute Gasteiger partial charge is 0.0369 e. The summed E-state index contributed by atoms with van der Waals surface area (Å²) < 4.78 is 0. The van der Waals surface area contributed by atoms with E-state index in [1.807, 2.05) is 0 Å². The molecule has 110 valence electrons. The van der Waals surface area contributed by atoms with Crippen LogP contribution in [0.25, 0.3) is 0 Å². The molecule has 1 aliphatic carbocycles. The van der Waals surface area contributed by atoms with Gasteiger partial charge in [0.2, 0.25) is 0 Å². The Morgan fingerprint density at radius 3 is 2.65 bits per heavy atom. The fourth-order valence-electron chi connectivity index (χ4n) is 3.91. The maximum Gasteiger partial charge on any atom is 0.0369 e. The predicted molar refractivity (Wildman–Crippen MR) is 85.1 cm³/mol. The summed E-state index contributed by atoms with van der Waals surface area (Å²) in [4.78, 5) is 5.22. The zero-order valence-corrected chi connectivity index (χ0v) is 12.6. The predicted octanol–water partition coefficient (Wildman–Crippen LogP) is 2.24. The summed E-state index contributed by atoms with van der Waals surface area (Å²) in [6.07, 6.45) is 4.05. The van der Waals surface area contributed by atoms with Crippen molar-refractivity contribution in [1.82, 2.24) is 4.90 Å². The van der Waals surface area contributed by atoms with Crippen LogP contribution in [0.1, 0.15) is 24.8 Å². The third kappa shape index (κ3) is 2.84. The van der Waals surface area contributed by atoms with Gasteiger partial charge in [0.25, 0.3) is 0 Å². The van der Waals surface area contributed by atoms with Crippen molar-refractivity contribution in [3.05, 3.63) is 29.8 Å². The quantitative estimate of drug-likeness (QED) is 0.917. The highest BCUT2D eigenvalue weighted by molar-refractivity contribution is 5.48. The van der Waals surface area contributed by atoms with Crippen molar-refractivity contribution in [3.8, 4) is 0 Å². The molecule has 1 aliphatic heterocycles. The summed E-state index contributed by atoms with van der Waals surface area (Å²) in [5.74, 6) is 0.737. The summed E-state index contributed by atoms with van der Waals surface area (Å²) in [7, 11) is 0. The molecule has 1 aromatic rings. The van der Waals surface area contributed by atoms with E-state index < -0.39 is 0 Å². The van der Waals surface area contributed by atoms with E-state index >= 15 is 0 Å². The van der Waals surface area contributed by atoms with Crippen LogP contribution in [0.2, 0.25) is 0 Å². The Bertz CT molecular complexity index is 438. The van der Waals surface area contributed by atoms with Gasteiger partial charge in [0, 0.05) is 37.9 Å². The number of hydrogen-bond acceptors (Lipinski definition) is 3. The number of nitrogens with two attached hydrogens (primary N) is 1. The molecule has 0 radical (unpaired) electrons. The average Bonchev–Trinajstić information content (AvgIpc) is 2.96. The molecule has 2 unspecified atom stereocenters. The first-order valence-electron chi connectivity index (χ1n) is 8.03. The van der Waals surface area contributed by atoms with Crippen molar-refractivity contribution in [2.45, 2.75) is 32.2 Å². The number of nitrogens with zero attached hydrogens (tertiary/aromatic N) is 2. The van der Waals surface area contributed by atoms with Crippen LogP contribution in [0, 0.1) is 12.8 Å². The molecule has 1 saturated carbocycles. The van der Waals surface area contributed by atoms with Crippen LogP contribution in [0.5, 0.6) is 0 Å². The number of benzene rings is 1. The number of hydrogen-bond donors (Lipinski definition) is 1. The first kappa shape index (κ1) is 13.9. The zero-order valence-electron chi connectivity index (χ0n) is 12.6. The van der Waals surface area contributed by atoms with Gasteiger partial charge in [0.15, 0.2) is 0 Å². The first-order chi connectivity index (χ1) is 9.78. The second kappa shape index (κ2) is 6.15. The largest absolute Gasteiger partial charge is 0.369 e. The summed E-state index contributed by atoms with van der Waals surface area (Å²) in [5.41, 5.74) is 8.66. The lowest BCUT2D eigenvalue weighted by atomic mass is 10.0. The van der Waals surface area contributed by atoms with Crippen molar-refractivity contribution < 1.29 is 0 Å². The Kier molecular flexibility index (Phi) is 4.27. The number of piperazine rings is 1. The van der Waals surface area contributed by atoms with Crippen LogP contribution >= 0.6 is 0 Å². The molecular weight excluding hydrogens is 246 g/mol. The van der Waals surface area contributed by atoms with Gasteiger partial charge in [0.05, 0.1) is 0 Å². The number of aryl methyl sites for hydroxylation is 1. The lowest BCUT2D eigenvalue weighted by molar-refractivity contribution is 0.153. The maximum atomic E-state index is 5.93. The molecule has 3 heteroatoms. The van der Waals surface area contributed by atoms with Crippen LogP contribution in [0.15, 0.2) is 24.3 Å². The Morgan fingerprint density at radius 2 is 1.95 bits per heavy atom. The molecule has 1 heterocycles. The fourth-order valence-corrected chi connectivity index (χ4v) is 3.91. The van der Waals surface area contributed by atoms with Gasteiger partial charge >= 0.3 is 0 Å². The summed E-state index contributed by atoms with van der Waals surface area (Å²) >= 11 is 0. The van der Waals surface area contributed by atoms with Crippen LogP contribution in [0.4, 0.5) is 5.69 Å². The highest BCUT2D eigenvalue weighted by Crippen LogP contribution is 2.30. The van der Waals surface area contributed by atoms with Gasteiger partial charge in [-0.1, -0.05) is 18.6 Å². The second-order valence-electron chi connectivity index (χ2n) is 6.36. The van der Waals surface area contributed by atoms with Crippen LogP contribution in [-0.4, -0.2) is 43.7 Å². The Morgan fingerprint density at radius 1 is 1.15 bits per heavy atom. The molecule has 2 aliphatic rings. The molecule has 1 aromatic carbocycles. The normalized spacial score (nSPS) is 28.0. The minimum absolute atomic E-state index is 0.737. The van der Waals surface area contributed by atoms with E-state index in [0.717, 1.165) is 31.6 Å².